The third kappa shape index (κ3) is 1.58. The van der Waals surface area contributed by atoms with Gasteiger partial charge in [0.25, 0.3) is 0 Å². The van der Waals surface area contributed by atoms with Crippen LogP contribution in [0.15, 0.2) is 11.0 Å². The summed E-state index contributed by atoms with van der Waals surface area (Å²) >= 11 is 4.16. The first kappa shape index (κ1) is 6.87. The van der Waals surface area contributed by atoms with Crippen molar-refractivity contribution in [3.63, 3.8) is 0 Å². The summed E-state index contributed by atoms with van der Waals surface area (Å²) in [6, 6.07) is 0. The van der Waals surface area contributed by atoms with Gasteiger partial charge in [-0.15, -0.1) is 12.6 Å². The second-order valence-electron chi connectivity index (χ2n) is 2.48. The summed E-state index contributed by atoms with van der Waals surface area (Å²) in [5.41, 5.74) is 0. The van der Waals surface area contributed by atoms with E-state index in [-0.39, 0.29) is 5.78 Å². The molecule has 50 valence electrons. The maximum Gasteiger partial charge on any atom is 0.156 e. The zero-order chi connectivity index (χ0) is 6.85. The molecular formula is C7H10OS. The van der Waals surface area contributed by atoms with E-state index in [9.17, 15) is 4.79 Å². The second-order valence-corrected chi connectivity index (χ2v) is 2.99. The molecule has 0 saturated carbocycles. The molecule has 1 nitrogen and oxygen atoms in total. The maximum atomic E-state index is 10.7. The first-order valence-corrected chi connectivity index (χ1v) is 3.58. The van der Waals surface area contributed by atoms with Crippen LogP contribution in [-0.4, -0.2) is 5.78 Å². The van der Waals surface area contributed by atoms with Crippen molar-refractivity contribution in [2.45, 2.75) is 19.8 Å². The molecule has 0 aliphatic heterocycles. The lowest BCUT2D eigenvalue weighted by Gasteiger charge is -2.14. The molecule has 0 saturated heterocycles. The van der Waals surface area contributed by atoms with E-state index in [0.29, 0.717) is 12.3 Å². The molecule has 0 aromatic heterocycles. The minimum absolute atomic E-state index is 0.220. The quantitative estimate of drug-likeness (QED) is 0.510. The number of allylic oxidation sites excluding steroid dienone is 2. The fourth-order valence-corrected chi connectivity index (χ4v) is 1.16. The zero-order valence-corrected chi connectivity index (χ0v) is 6.32. The van der Waals surface area contributed by atoms with Crippen molar-refractivity contribution in [2.24, 2.45) is 5.92 Å². The van der Waals surface area contributed by atoms with Crippen molar-refractivity contribution in [1.82, 2.24) is 0 Å². The van der Waals surface area contributed by atoms with Crippen molar-refractivity contribution >= 4 is 18.4 Å². The third-order valence-electron chi connectivity index (χ3n) is 1.64. The standard InChI is InChI=1S/C7H10OS/c1-5-2-3-6(8)4-7(5)9/h4-5,9H,2-3H2,1H3. The highest BCUT2D eigenvalue weighted by Crippen LogP contribution is 2.24. The molecular weight excluding hydrogens is 132 g/mol. The van der Waals surface area contributed by atoms with Gasteiger partial charge in [-0.3, -0.25) is 4.79 Å². The number of rotatable bonds is 0. The van der Waals surface area contributed by atoms with Crippen LogP contribution in [0, 0.1) is 5.92 Å². The van der Waals surface area contributed by atoms with E-state index in [4.69, 9.17) is 0 Å². The Morgan fingerprint density at radius 3 is 2.89 bits per heavy atom. The van der Waals surface area contributed by atoms with Gasteiger partial charge in [0, 0.05) is 6.42 Å². The highest BCUT2D eigenvalue weighted by Gasteiger charge is 2.13. The summed E-state index contributed by atoms with van der Waals surface area (Å²) in [5.74, 6) is 0.712. The SMILES string of the molecule is CC1CCC(=O)C=C1S. The van der Waals surface area contributed by atoms with Crippen LogP contribution < -0.4 is 0 Å². The van der Waals surface area contributed by atoms with Gasteiger partial charge in [0.2, 0.25) is 0 Å². The van der Waals surface area contributed by atoms with E-state index in [1.54, 1.807) is 6.08 Å². The fourth-order valence-electron chi connectivity index (χ4n) is 0.886. The highest BCUT2D eigenvalue weighted by molar-refractivity contribution is 7.84. The van der Waals surface area contributed by atoms with Crippen molar-refractivity contribution in [1.29, 1.82) is 0 Å². The van der Waals surface area contributed by atoms with E-state index < -0.39 is 0 Å². The van der Waals surface area contributed by atoms with Crippen molar-refractivity contribution in [3.8, 4) is 0 Å². The molecule has 1 aliphatic carbocycles. The maximum absolute atomic E-state index is 10.7. The zero-order valence-electron chi connectivity index (χ0n) is 5.42. The summed E-state index contributed by atoms with van der Waals surface area (Å²) in [6.07, 6.45) is 3.30. The van der Waals surface area contributed by atoms with Crippen LogP contribution in [-0.2, 0) is 4.79 Å². The molecule has 0 heterocycles. The van der Waals surface area contributed by atoms with Crippen LogP contribution in [0.3, 0.4) is 0 Å². The Bertz CT molecular complexity index is 160. The molecule has 1 aliphatic rings. The fraction of sp³-hybridized carbons (Fsp3) is 0.571. The monoisotopic (exact) mass is 142 g/mol. The van der Waals surface area contributed by atoms with Crippen LogP contribution >= 0.6 is 12.6 Å². The predicted octanol–water partition coefficient (Wildman–Crippen LogP) is 1.80. The van der Waals surface area contributed by atoms with Crippen molar-refractivity contribution < 1.29 is 4.79 Å². The number of ketones is 1. The average molecular weight is 142 g/mol. The molecule has 0 fully saturated rings. The van der Waals surface area contributed by atoms with Crippen LogP contribution in [0.2, 0.25) is 0 Å². The van der Waals surface area contributed by atoms with Gasteiger partial charge in [0.15, 0.2) is 5.78 Å². The molecule has 0 spiro atoms. The van der Waals surface area contributed by atoms with E-state index in [2.05, 4.69) is 19.6 Å². The third-order valence-corrected chi connectivity index (χ3v) is 2.21. The molecule has 2 heteroatoms. The lowest BCUT2D eigenvalue weighted by molar-refractivity contribution is -0.115. The van der Waals surface area contributed by atoms with E-state index in [1.807, 2.05) is 0 Å². The van der Waals surface area contributed by atoms with E-state index >= 15 is 0 Å². The number of carbonyl (C=O) groups excluding carboxylic acids is 1. The van der Waals surface area contributed by atoms with Crippen LogP contribution in [0.1, 0.15) is 19.8 Å². The number of hydrogen-bond acceptors (Lipinski definition) is 2. The molecule has 0 bridgehead atoms. The van der Waals surface area contributed by atoms with Gasteiger partial charge in [-0.05, 0) is 23.3 Å². The Hall–Kier alpha value is -0.240. The summed E-state index contributed by atoms with van der Waals surface area (Å²) in [6.45, 7) is 2.09. The minimum Gasteiger partial charge on any atom is -0.295 e. The molecule has 9 heavy (non-hydrogen) atoms. The Kier molecular flexibility index (Phi) is 1.96. The highest BCUT2D eigenvalue weighted by atomic mass is 32.1. The summed E-state index contributed by atoms with van der Waals surface area (Å²) < 4.78 is 0. The summed E-state index contributed by atoms with van der Waals surface area (Å²) in [7, 11) is 0. The van der Waals surface area contributed by atoms with E-state index in [0.717, 1.165) is 11.3 Å². The molecule has 0 aromatic carbocycles. The Morgan fingerprint density at radius 1 is 1.78 bits per heavy atom. The molecule has 0 N–H and O–H groups in total. The van der Waals surface area contributed by atoms with E-state index in [1.165, 1.54) is 0 Å². The van der Waals surface area contributed by atoms with Crippen molar-refractivity contribution in [3.05, 3.63) is 11.0 Å². The molecule has 0 radical (unpaired) electrons. The lowest BCUT2D eigenvalue weighted by Crippen LogP contribution is -2.07. The Morgan fingerprint density at radius 2 is 2.44 bits per heavy atom. The van der Waals surface area contributed by atoms with Gasteiger partial charge in [-0.1, -0.05) is 6.92 Å². The molecule has 0 amide bonds. The van der Waals surface area contributed by atoms with Gasteiger partial charge in [-0.2, -0.15) is 0 Å². The summed E-state index contributed by atoms with van der Waals surface area (Å²) in [4.78, 5) is 11.6. The Labute approximate surface area is 60.6 Å². The topological polar surface area (TPSA) is 17.1 Å². The predicted molar refractivity (Wildman–Crippen MR) is 40.5 cm³/mol. The van der Waals surface area contributed by atoms with Crippen molar-refractivity contribution in [2.75, 3.05) is 0 Å². The molecule has 1 unspecified atom stereocenters. The first-order chi connectivity index (χ1) is 4.20. The van der Waals surface area contributed by atoms with Crippen LogP contribution in [0.25, 0.3) is 0 Å². The number of thiol groups is 1. The summed E-state index contributed by atoms with van der Waals surface area (Å²) in [5, 5.41) is 0. The van der Waals surface area contributed by atoms with Gasteiger partial charge < -0.3 is 0 Å². The van der Waals surface area contributed by atoms with Gasteiger partial charge in [-0.25, -0.2) is 0 Å². The molecule has 0 aromatic rings. The van der Waals surface area contributed by atoms with Gasteiger partial charge >= 0.3 is 0 Å². The second kappa shape index (κ2) is 2.56. The first-order valence-electron chi connectivity index (χ1n) is 3.13. The number of carbonyl (C=O) groups is 1. The number of hydrogen-bond donors (Lipinski definition) is 1. The smallest absolute Gasteiger partial charge is 0.156 e. The molecule has 1 atom stereocenters. The Balaban J connectivity index is 2.72. The van der Waals surface area contributed by atoms with Gasteiger partial charge in [0.05, 0.1) is 0 Å². The van der Waals surface area contributed by atoms with Gasteiger partial charge in [0.1, 0.15) is 0 Å². The average Bonchev–Trinajstić information content (AvgIpc) is 1.80. The normalized spacial score (nSPS) is 28.0. The molecule has 1 rings (SSSR count). The minimum atomic E-state index is 0.220. The van der Waals surface area contributed by atoms with Crippen LogP contribution in [0.5, 0.6) is 0 Å². The van der Waals surface area contributed by atoms with Crippen LogP contribution in [0.4, 0.5) is 0 Å². The lowest BCUT2D eigenvalue weighted by atomic mass is 9.97. The largest absolute Gasteiger partial charge is 0.295 e.